The second-order valence-corrected chi connectivity index (χ2v) is 5.39. The summed E-state index contributed by atoms with van der Waals surface area (Å²) in [6.07, 6.45) is 2.13. The molecule has 0 aromatic heterocycles. The molecule has 0 aliphatic heterocycles. The molecule has 0 heterocycles. The van der Waals surface area contributed by atoms with Crippen LogP contribution >= 0.6 is 39.5 Å². The molecule has 1 rings (SSSR count). The Bertz CT molecular complexity index is 263. The molecule has 3 unspecified atom stereocenters. The lowest BCUT2D eigenvalue weighted by molar-refractivity contribution is 1.51. The maximum Gasteiger partial charge on any atom is 0.0194 e. The first-order valence-electron chi connectivity index (χ1n) is 3.57. The van der Waals surface area contributed by atoms with E-state index in [0.717, 1.165) is 5.75 Å². The molecule has 66 valence electrons. The fraction of sp³-hybridized carbons (Fsp3) is 0.250. The Kier molecular flexibility index (Phi) is 4.49. The molecular formula is C8H13P3S. The van der Waals surface area contributed by atoms with Gasteiger partial charge < -0.3 is 0 Å². The predicted octanol–water partition coefficient (Wildman–Crippen LogP) is 1.05. The summed E-state index contributed by atoms with van der Waals surface area (Å²) >= 11 is 1.86. The maximum absolute atomic E-state index is 2.79. The zero-order chi connectivity index (χ0) is 9.14. The number of thioether (sulfide) groups is 1. The zero-order valence-electron chi connectivity index (χ0n) is 7.00. The first-order valence-corrected chi connectivity index (χ1v) is 6.70. The first kappa shape index (κ1) is 10.9. The van der Waals surface area contributed by atoms with Gasteiger partial charge in [0.05, 0.1) is 0 Å². The Morgan fingerprint density at radius 2 is 1.67 bits per heavy atom. The van der Waals surface area contributed by atoms with Gasteiger partial charge in [-0.1, -0.05) is 0 Å². The molecule has 4 heteroatoms. The lowest BCUT2D eigenvalue weighted by Crippen LogP contribution is -2.17. The van der Waals surface area contributed by atoms with Crippen LogP contribution in [0.1, 0.15) is 5.56 Å². The van der Waals surface area contributed by atoms with Gasteiger partial charge >= 0.3 is 0 Å². The quantitative estimate of drug-likeness (QED) is 0.689. The Balaban J connectivity index is 3.10. The molecule has 0 aliphatic carbocycles. The molecule has 0 nitrogen and oxygen atoms in total. The Hall–Kier alpha value is 0.860. The average Bonchev–Trinajstić information content (AvgIpc) is 1.96. The molecule has 12 heavy (non-hydrogen) atoms. The van der Waals surface area contributed by atoms with E-state index in [0.29, 0.717) is 0 Å². The molecule has 0 radical (unpaired) electrons. The summed E-state index contributed by atoms with van der Waals surface area (Å²) in [7, 11) is 8.30. The molecule has 0 saturated heterocycles. The number of rotatable bonds is 2. The fourth-order valence-electron chi connectivity index (χ4n) is 1.05. The van der Waals surface area contributed by atoms with E-state index in [1.807, 2.05) is 11.8 Å². The topological polar surface area (TPSA) is 0 Å². The highest BCUT2D eigenvalue weighted by Gasteiger charge is 2.02. The Labute approximate surface area is 85.3 Å². The first-order chi connectivity index (χ1) is 5.65. The highest BCUT2D eigenvalue weighted by atomic mass is 32.2. The lowest BCUT2D eigenvalue weighted by atomic mass is 10.2. The molecule has 1 aromatic rings. The predicted molar refractivity (Wildman–Crippen MR) is 71.7 cm³/mol. The van der Waals surface area contributed by atoms with Crippen LogP contribution in [0.5, 0.6) is 0 Å². The van der Waals surface area contributed by atoms with Crippen molar-refractivity contribution in [2.24, 2.45) is 0 Å². The summed E-state index contributed by atoms with van der Waals surface area (Å²) in [6.45, 7) is 0. The summed E-state index contributed by atoms with van der Waals surface area (Å²) < 4.78 is 0. The second-order valence-electron chi connectivity index (χ2n) is 2.61. The molecule has 0 amide bonds. The Morgan fingerprint density at radius 1 is 1.17 bits per heavy atom. The summed E-state index contributed by atoms with van der Waals surface area (Å²) in [5.41, 5.74) is 1.42. The van der Waals surface area contributed by atoms with Crippen LogP contribution in [0.4, 0.5) is 0 Å². The van der Waals surface area contributed by atoms with Crippen molar-refractivity contribution in [3.63, 3.8) is 0 Å². The molecule has 0 aliphatic rings. The molecular weight excluding hydrogens is 221 g/mol. The van der Waals surface area contributed by atoms with Crippen LogP contribution in [-0.4, -0.2) is 6.26 Å². The van der Waals surface area contributed by atoms with Crippen molar-refractivity contribution < 1.29 is 0 Å². The highest BCUT2D eigenvalue weighted by molar-refractivity contribution is 7.97. The summed E-state index contributed by atoms with van der Waals surface area (Å²) in [6, 6.07) is 4.35. The van der Waals surface area contributed by atoms with Gasteiger partial charge in [-0.3, -0.25) is 0 Å². The molecule has 3 atom stereocenters. The minimum atomic E-state index is 1.09. The Morgan fingerprint density at radius 3 is 2.08 bits per heavy atom. The lowest BCUT2D eigenvalue weighted by Gasteiger charge is -2.08. The van der Waals surface area contributed by atoms with Crippen molar-refractivity contribution in [3.8, 4) is 0 Å². The molecule has 1 aromatic carbocycles. The van der Waals surface area contributed by atoms with Gasteiger partial charge in [0, 0.05) is 5.75 Å². The van der Waals surface area contributed by atoms with Gasteiger partial charge in [-0.25, -0.2) is 0 Å². The van der Waals surface area contributed by atoms with Crippen LogP contribution in [0, 0.1) is 0 Å². The highest BCUT2D eigenvalue weighted by Crippen LogP contribution is 2.09. The van der Waals surface area contributed by atoms with E-state index in [1.165, 1.54) is 21.5 Å². The van der Waals surface area contributed by atoms with Crippen LogP contribution in [0.25, 0.3) is 0 Å². The van der Waals surface area contributed by atoms with Crippen LogP contribution < -0.4 is 15.9 Å². The van der Waals surface area contributed by atoms with Gasteiger partial charge in [-0.2, -0.15) is 11.8 Å². The largest absolute Gasteiger partial charge is 0.161 e. The fourth-order valence-corrected chi connectivity index (χ4v) is 3.80. The van der Waals surface area contributed by atoms with Crippen LogP contribution in [0.15, 0.2) is 12.1 Å². The minimum absolute atomic E-state index is 1.09. The third kappa shape index (κ3) is 2.68. The van der Waals surface area contributed by atoms with E-state index in [2.05, 4.69) is 46.1 Å². The van der Waals surface area contributed by atoms with E-state index < -0.39 is 0 Å². The summed E-state index contributed by atoms with van der Waals surface area (Å²) in [5.74, 6) is 1.09. The van der Waals surface area contributed by atoms with E-state index in [-0.39, 0.29) is 0 Å². The molecule has 0 spiro atoms. The third-order valence-corrected chi connectivity index (χ3v) is 3.57. The number of hydrogen-bond donors (Lipinski definition) is 0. The molecule has 0 N–H and O–H groups in total. The standard InChI is InChI=1S/C8H13P3S/c1-12-4-6-7(10)2-5(9)3-8(6)11/h2-3H,4,9-11H2,1H3. The van der Waals surface area contributed by atoms with Crippen molar-refractivity contribution in [1.29, 1.82) is 0 Å². The average molecular weight is 234 g/mol. The monoisotopic (exact) mass is 234 g/mol. The zero-order valence-corrected chi connectivity index (χ0v) is 11.3. The number of benzene rings is 1. The minimum Gasteiger partial charge on any atom is -0.161 e. The summed E-state index contributed by atoms with van der Waals surface area (Å²) in [4.78, 5) is 0. The van der Waals surface area contributed by atoms with Crippen LogP contribution in [-0.2, 0) is 5.75 Å². The maximum atomic E-state index is 2.79. The van der Waals surface area contributed by atoms with Gasteiger partial charge in [0.15, 0.2) is 0 Å². The van der Waals surface area contributed by atoms with E-state index in [1.54, 1.807) is 0 Å². The van der Waals surface area contributed by atoms with E-state index >= 15 is 0 Å². The third-order valence-electron chi connectivity index (χ3n) is 1.63. The van der Waals surface area contributed by atoms with Gasteiger partial charge in [0.25, 0.3) is 0 Å². The van der Waals surface area contributed by atoms with E-state index in [9.17, 15) is 0 Å². The van der Waals surface area contributed by atoms with Crippen molar-refractivity contribution in [2.45, 2.75) is 5.75 Å². The van der Waals surface area contributed by atoms with Crippen LogP contribution in [0.2, 0.25) is 0 Å². The molecule has 0 saturated carbocycles. The summed E-state index contributed by atoms with van der Waals surface area (Å²) in [5, 5.41) is 3.86. The van der Waals surface area contributed by atoms with Crippen molar-refractivity contribution >= 4 is 55.4 Å². The van der Waals surface area contributed by atoms with Crippen LogP contribution in [0.3, 0.4) is 0 Å². The van der Waals surface area contributed by atoms with Crippen molar-refractivity contribution in [1.82, 2.24) is 0 Å². The van der Waals surface area contributed by atoms with Gasteiger partial charge in [0.2, 0.25) is 0 Å². The normalized spacial score (nSPS) is 10.3. The molecule has 0 bridgehead atoms. The van der Waals surface area contributed by atoms with Gasteiger partial charge in [0.1, 0.15) is 0 Å². The van der Waals surface area contributed by atoms with E-state index in [4.69, 9.17) is 0 Å². The smallest absolute Gasteiger partial charge is 0.0194 e. The van der Waals surface area contributed by atoms with Gasteiger partial charge in [-0.05, 0) is 39.9 Å². The number of hydrogen-bond acceptors (Lipinski definition) is 1. The second kappa shape index (κ2) is 4.92. The van der Waals surface area contributed by atoms with Crippen molar-refractivity contribution in [2.75, 3.05) is 6.26 Å². The van der Waals surface area contributed by atoms with Gasteiger partial charge in [-0.15, -0.1) is 27.7 Å². The molecule has 0 fully saturated rings. The van der Waals surface area contributed by atoms with Crippen molar-refractivity contribution in [3.05, 3.63) is 17.7 Å². The SMILES string of the molecule is CSCc1c(P)cc(P)cc1P.